The Balaban J connectivity index is 1.69. The molecule has 0 saturated carbocycles. The second kappa shape index (κ2) is 9.73. The smallest absolute Gasteiger partial charge is 0.208 e. The summed E-state index contributed by atoms with van der Waals surface area (Å²) in [6, 6.07) is 13.1. The van der Waals surface area contributed by atoms with Crippen molar-refractivity contribution in [2.24, 2.45) is 0 Å². The summed E-state index contributed by atoms with van der Waals surface area (Å²) in [7, 11) is 1.99. The third-order valence-electron chi connectivity index (χ3n) is 4.72. The third-order valence-corrected chi connectivity index (χ3v) is 5.76. The van der Waals surface area contributed by atoms with Gasteiger partial charge in [0.25, 0.3) is 0 Å². The van der Waals surface area contributed by atoms with E-state index >= 15 is 0 Å². The van der Waals surface area contributed by atoms with Crippen molar-refractivity contribution in [1.82, 2.24) is 9.88 Å². The van der Waals surface area contributed by atoms with Crippen molar-refractivity contribution in [3.8, 4) is 23.0 Å². The molecule has 1 heterocycles. The first-order valence-electron chi connectivity index (χ1n) is 9.37. The summed E-state index contributed by atoms with van der Waals surface area (Å²) in [5.74, 6) is 6.32. The van der Waals surface area contributed by atoms with E-state index in [2.05, 4.69) is 21.7 Å². The minimum Gasteiger partial charge on any atom is -0.361 e. The number of H-pyrrole nitrogens is 1. The van der Waals surface area contributed by atoms with E-state index < -0.39 is 0 Å². The SMILES string of the molecule is Cc1[nH]c(C)c(-c2ccc(C#CCN(C)Cc3ccc(Cl)cc3Cl)cc2)c(=O)c1Cl. The van der Waals surface area contributed by atoms with E-state index in [-0.39, 0.29) is 10.5 Å². The topological polar surface area (TPSA) is 36.1 Å². The average Bonchev–Trinajstić information content (AvgIpc) is 2.69. The molecular weight excluding hydrogens is 439 g/mol. The third kappa shape index (κ3) is 5.28. The second-order valence-corrected chi connectivity index (χ2v) is 8.40. The molecule has 3 nitrogen and oxygen atoms in total. The normalized spacial score (nSPS) is 10.8. The van der Waals surface area contributed by atoms with E-state index in [1.807, 2.05) is 50.4 Å². The van der Waals surface area contributed by atoms with Crippen LogP contribution in [0, 0.1) is 25.7 Å². The molecule has 0 fully saturated rings. The van der Waals surface area contributed by atoms with E-state index in [0.717, 1.165) is 22.4 Å². The van der Waals surface area contributed by atoms with Crippen LogP contribution in [0.5, 0.6) is 0 Å². The van der Waals surface area contributed by atoms with Crippen LogP contribution in [-0.2, 0) is 6.54 Å². The quantitative estimate of drug-likeness (QED) is 0.478. The molecule has 30 heavy (non-hydrogen) atoms. The highest BCUT2D eigenvalue weighted by atomic mass is 35.5. The number of aromatic amines is 1. The standard InChI is InChI=1S/C24H21Cl3N2O/c1-15-22(24(30)23(27)16(2)28-15)18-8-6-17(7-9-18)5-4-12-29(3)14-19-10-11-20(25)13-21(19)26/h6-11,13H,12,14H2,1-3H3,(H,28,30). The van der Waals surface area contributed by atoms with E-state index in [1.165, 1.54) is 0 Å². The molecule has 0 amide bonds. The number of pyridine rings is 1. The molecule has 0 saturated heterocycles. The van der Waals surface area contributed by atoms with Crippen molar-refractivity contribution in [1.29, 1.82) is 0 Å². The van der Waals surface area contributed by atoms with Gasteiger partial charge in [0.1, 0.15) is 5.02 Å². The summed E-state index contributed by atoms with van der Waals surface area (Å²) >= 11 is 18.3. The Hall–Kier alpha value is -2.22. The van der Waals surface area contributed by atoms with Gasteiger partial charge in [0, 0.05) is 39.1 Å². The number of hydrogen-bond acceptors (Lipinski definition) is 2. The van der Waals surface area contributed by atoms with E-state index in [4.69, 9.17) is 34.8 Å². The molecular formula is C24H21Cl3N2O. The Morgan fingerprint density at radius 3 is 2.37 bits per heavy atom. The summed E-state index contributed by atoms with van der Waals surface area (Å²) in [5, 5.41) is 1.50. The van der Waals surface area contributed by atoms with Gasteiger partial charge in [-0.3, -0.25) is 9.69 Å². The number of aryl methyl sites for hydroxylation is 2. The van der Waals surface area contributed by atoms with Gasteiger partial charge in [0.05, 0.1) is 6.54 Å². The van der Waals surface area contributed by atoms with Gasteiger partial charge in [-0.15, -0.1) is 0 Å². The average molecular weight is 460 g/mol. The number of nitrogens with one attached hydrogen (secondary N) is 1. The first-order valence-corrected chi connectivity index (χ1v) is 10.5. The fraction of sp³-hybridized carbons (Fsp3) is 0.208. The van der Waals surface area contributed by atoms with Crippen molar-refractivity contribution in [2.75, 3.05) is 13.6 Å². The van der Waals surface area contributed by atoms with Crippen LogP contribution in [0.2, 0.25) is 15.1 Å². The Labute approximate surface area is 191 Å². The van der Waals surface area contributed by atoms with Gasteiger partial charge < -0.3 is 4.98 Å². The largest absolute Gasteiger partial charge is 0.361 e. The minimum atomic E-state index is -0.160. The highest BCUT2D eigenvalue weighted by Crippen LogP contribution is 2.23. The summed E-state index contributed by atoms with van der Waals surface area (Å²) in [6.45, 7) is 4.93. The molecule has 0 aliphatic heterocycles. The van der Waals surface area contributed by atoms with Crippen LogP contribution >= 0.6 is 34.8 Å². The van der Waals surface area contributed by atoms with Crippen LogP contribution in [0.1, 0.15) is 22.5 Å². The van der Waals surface area contributed by atoms with Gasteiger partial charge in [-0.1, -0.05) is 64.8 Å². The zero-order valence-electron chi connectivity index (χ0n) is 16.9. The molecule has 6 heteroatoms. The first-order chi connectivity index (χ1) is 14.3. The zero-order valence-corrected chi connectivity index (χ0v) is 19.2. The fourth-order valence-corrected chi connectivity index (χ4v) is 3.80. The maximum Gasteiger partial charge on any atom is 0.208 e. The first kappa shape index (κ1) is 22.5. The molecule has 0 unspecified atom stereocenters. The van der Waals surface area contributed by atoms with Crippen LogP contribution in [0.15, 0.2) is 47.3 Å². The number of benzene rings is 2. The lowest BCUT2D eigenvalue weighted by molar-refractivity contribution is 0.369. The monoisotopic (exact) mass is 458 g/mol. The number of halogens is 3. The zero-order chi connectivity index (χ0) is 21.8. The fourth-order valence-electron chi connectivity index (χ4n) is 3.19. The lowest BCUT2D eigenvalue weighted by atomic mass is 10.0. The molecule has 0 bridgehead atoms. The van der Waals surface area contributed by atoms with Gasteiger partial charge in [0.15, 0.2) is 0 Å². The van der Waals surface area contributed by atoms with Gasteiger partial charge in [-0.25, -0.2) is 0 Å². The Morgan fingerprint density at radius 1 is 1.00 bits per heavy atom. The highest BCUT2D eigenvalue weighted by molar-refractivity contribution is 6.35. The number of aromatic nitrogens is 1. The van der Waals surface area contributed by atoms with E-state index in [9.17, 15) is 4.79 Å². The molecule has 2 aromatic carbocycles. The van der Waals surface area contributed by atoms with E-state index in [0.29, 0.717) is 34.4 Å². The highest BCUT2D eigenvalue weighted by Gasteiger charge is 2.12. The van der Waals surface area contributed by atoms with Crippen LogP contribution in [0.4, 0.5) is 0 Å². The molecule has 0 aliphatic carbocycles. The lowest BCUT2D eigenvalue weighted by Gasteiger charge is -2.14. The van der Waals surface area contributed by atoms with Crippen molar-refractivity contribution in [2.45, 2.75) is 20.4 Å². The van der Waals surface area contributed by atoms with Crippen LogP contribution in [0.3, 0.4) is 0 Å². The predicted octanol–water partition coefficient (Wildman–Crippen LogP) is 6.10. The van der Waals surface area contributed by atoms with E-state index in [1.54, 1.807) is 13.0 Å². The Morgan fingerprint density at radius 2 is 1.70 bits per heavy atom. The summed E-state index contributed by atoms with van der Waals surface area (Å²) in [5.41, 5.74) is 4.60. The molecule has 1 N–H and O–H groups in total. The molecule has 0 aliphatic rings. The van der Waals surface area contributed by atoms with Crippen molar-refractivity contribution >= 4 is 34.8 Å². The second-order valence-electron chi connectivity index (χ2n) is 7.18. The number of nitrogens with zero attached hydrogens (tertiary/aromatic N) is 1. The number of hydrogen-bond donors (Lipinski definition) is 1. The van der Waals surface area contributed by atoms with Crippen LogP contribution < -0.4 is 5.43 Å². The van der Waals surface area contributed by atoms with Crippen molar-refractivity contribution < 1.29 is 0 Å². The van der Waals surface area contributed by atoms with Gasteiger partial charge >= 0.3 is 0 Å². The van der Waals surface area contributed by atoms with Crippen molar-refractivity contribution in [3.63, 3.8) is 0 Å². The van der Waals surface area contributed by atoms with Gasteiger partial charge in [-0.05, 0) is 56.3 Å². The summed E-state index contributed by atoms with van der Waals surface area (Å²) < 4.78 is 0. The molecule has 0 spiro atoms. The minimum absolute atomic E-state index is 0.160. The summed E-state index contributed by atoms with van der Waals surface area (Å²) in [6.07, 6.45) is 0. The Bertz CT molecular complexity index is 1190. The van der Waals surface area contributed by atoms with Crippen molar-refractivity contribution in [3.05, 3.63) is 90.3 Å². The molecule has 0 atom stereocenters. The maximum absolute atomic E-state index is 12.5. The molecule has 3 aromatic rings. The molecule has 154 valence electrons. The molecule has 0 radical (unpaired) electrons. The van der Waals surface area contributed by atoms with Crippen LogP contribution in [-0.4, -0.2) is 23.5 Å². The predicted molar refractivity (Wildman–Crippen MR) is 127 cm³/mol. The molecule has 3 rings (SSSR count). The van der Waals surface area contributed by atoms with Crippen LogP contribution in [0.25, 0.3) is 11.1 Å². The molecule has 1 aromatic heterocycles. The Kier molecular flexibility index (Phi) is 7.28. The van der Waals surface area contributed by atoms with Gasteiger partial charge in [0.2, 0.25) is 5.43 Å². The summed E-state index contributed by atoms with van der Waals surface area (Å²) in [4.78, 5) is 17.8. The maximum atomic E-state index is 12.5. The van der Waals surface area contributed by atoms with Gasteiger partial charge in [-0.2, -0.15) is 0 Å². The number of rotatable bonds is 4. The lowest BCUT2D eigenvalue weighted by Crippen LogP contribution is -2.18.